The molecule has 1 aliphatic carbocycles. The Balaban J connectivity index is 2.12. The highest BCUT2D eigenvalue weighted by atomic mass is 19.3. The summed E-state index contributed by atoms with van der Waals surface area (Å²) in [6.07, 6.45) is 9.24. The highest BCUT2D eigenvalue weighted by molar-refractivity contribution is 5.77. The second kappa shape index (κ2) is 9.28. The summed E-state index contributed by atoms with van der Waals surface area (Å²) in [7, 11) is 0. The molecule has 2 rings (SSSR count). The molecule has 2 N–H and O–H groups in total. The van der Waals surface area contributed by atoms with Crippen LogP contribution in [0, 0.1) is 11.8 Å². The molecule has 0 aromatic carbocycles. The van der Waals surface area contributed by atoms with Crippen molar-refractivity contribution in [1.29, 1.82) is 0 Å². The average Bonchev–Trinajstić information content (AvgIpc) is 2.87. The fourth-order valence-corrected chi connectivity index (χ4v) is 3.91. The van der Waals surface area contributed by atoms with Crippen LogP contribution in [-0.2, 0) is 9.53 Å². The summed E-state index contributed by atoms with van der Waals surface area (Å²) in [6, 6.07) is 0. The Labute approximate surface area is 160 Å². The summed E-state index contributed by atoms with van der Waals surface area (Å²) in [5.41, 5.74) is -0.984. The van der Waals surface area contributed by atoms with Gasteiger partial charge in [0.15, 0.2) is 0 Å². The lowest BCUT2D eigenvalue weighted by Gasteiger charge is -2.26. The fourth-order valence-electron chi connectivity index (χ4n) is 3.91. The van der Waals surface area contributed by atoms with Gasteiger partial charge in [-0.2, -0.15) is 8.78 Å². The van der Waals surface area contributed by atoms with Gasteiger partial charge in [0.1, 0.15) is 6.10 Å². The normalized spacial score (nSPS) is 34.7. The molecule has 1 aliphatic heterocycles. The number of rotatable bonds is 6. The van der Waals surface area contributed by atoms with Crippen LogP contribution in [0.5, 0.6) is 0 Å². The second-order valence-electron chi connectivity index (χ2n) is 8.11. The van der Waals surface area contributed by atoms with Crippen LogP contribution < -0.4 is 0 Å². The first-order chi connectivity index (χ1) is 12.7. The van der Waals surface area contributed by atoms with Gasteiger partial charge in [0.2, 0.25) is 0 Å². The molecule has 154 valence electrons. The number of hydrogen-bond donors (Lipinski definition) is 2. The van der Waals surface area contributed by atoms with Gasteiger partial charge in [0, 0.05) is 24.7 Å². The molecule has 1 fully saturated rings. The van der Waals surface area contributed by atoms with E-state index in [0.717, 1.165) is 19.3 Å². The van der Waals surface area contributed by atoms with Crippen LogP contribution >= 0.6 is 0 Å². The predicted molar refractivity (Wildman–Crippen MR) is 99.3 cm³/mol. The van der Waals surface area contributed by atoms with Gasteiger partial charge in [-0.05, 0) is 26.2 Å². The van der Waals surface area contributed by atoms with Crippen molar-refractivity contribution in [2.75, 3.05) is 0 Å². The molecule has 6 heteroatoms. The monoisotopic (exact) mass is 386 g/mol. The van der Waals surface area contributed by atoms with Crippen LogP contribution in [0.15, 0.2) is 24.3 Å². The molecule has 1 unspecified atom stereocenters. The van der Waals surface area contributed by atoms with Gasteiger partial charge in [0.25, 0.3) is 0 Å². The summed E-state index contributed by atoms with van der Waals surface area (Å²) in [6.45, 7) is 3.82. The number of carbonyl (C=O) groups excluding carboxylic acids is 1. The molecule has 4 nitrogen and oxygen atoms in total. The zero-order valence-electron chi connectivity index (χ0n) is 16.2. The Bertz CT molecular complexity index is 556. The third-order valence-corrected chi connectivity index (χ3v) is 5.61. The topological polar surface area (TPSA) is 66.8 Å². The van der Waals surface area contributed by atoms with Gasteiger partial charge in [0.05, 0.1) is 11.7 Å². The molecule has 0 spiro atoms. The number of esters is 1. The van der Waals surface area contributed by atoms with Gasteiger partial charge in [-0.3, -0.25) is 0 Å². The molecular weight excluding hydrogens is 354 g/mol. The Hall–Kier alpha value is -1.27. The van der Waals surface area contributed by atoms with Crippen LogP contribution in [-0.4, -0.2) is 39.9 Å². The van der Waals surface area contributed by atoms with Crippen LogP contribution in [0.3, 0.4) is 0 Å². The van der Waals surface area contributed by atoms with E-state index >= 15 is 0 Å². The fraction of sp³-hybridized carbons (Fsp3) is 0.762. The smallest absolute Gasteiger partial charge is 0.377 e. The Morgan fingerprint density at radius 1 is 1.37 bits per heavy atom. The van der Waals surface area contributed by atoms with Crippen molar-refractivity contribution >= 4 is 5.97 Å². The van der Waals surface area contributed by atoms with E-state index < -0.39 is 36.1 Å². The molecule has 1 heterocycles. The number of ether oxygens (including phenoxy) is 1. The van der Waals surface area contributed by atoms with Crippen LogP contribution in [0.1, 0.15) is 65.2 Å². The number of allylic oxidation sites excluding steroid dienone is 2. The Morgan fingerprint density at radius 3 is 2.81 bits per heavy atom. The second-order valence-corrected chi connectivity index (χ2v) is 8.11. The first kappa shape index (κ1) is 22.0. The van der Waals surface area contributed by atoms with E-state index in [2.05, 4.69) is 6.92 Å². The quantitative estimate of drug-likeness (QED) is 0.409. The standard InChI is InChI=1S/C21H32F2O4/c1-3-4-7-11-20(2,26)13-10-15-16-9-6-5-8-12-21(22,23)19(25)27-18(16)14-17(15)24/h5-6,10,13,15-18,24,26H,3-4,7-9,11-12,14H2,1-2H3/b6-5-,13-10+/t15?,16-,17-,18+,20+/m1/s1. The van der Waals surface area contributed by atoms with Crippen LogP contribution in [0.2, 0.25) is 0 Å². The third-order valence-electron chi connectivity index (χ3n) is 5.61. The average molecular weight is 386 g/mol. The first-order valence-corrected chi connectivity index (χ1v) is 10.00. The number of carbonyl (C=O) groups is 1. The SMILES string of the molecule is CCCCC[C@](C)(O)/C=C/C1[C@H](O)C[C@@H]2OC(=O)C(F)(F)CC/C=C\C[C@H]12. The van der Waals surface area contributed by atoms with E-state index in [9.17, 15) is 23.8 Å². The molecule has 27 heavy (non-hydrogen) atoms. The maximum atomic E-state index is 13.8. The summed E-state index contributed by atoms with van der Waals surface area (Å²) in [5, 5.41) is 20.9. The van der Waals surface area contributed by atoms with Crippen LogP contribution in [0.4, 0.5) is 8.78 Å². The van der Waals surface area contributed by atoms with E-state index in [1.165, 1.54) is 0 Å². The highest BCUT2D eigenvalue weighted by Crippen LogP contribution is 2.40. The third kappa shape index (κ3) is 6.11. The Morgan fingerprint density at radius 2 is 2.11 bits per heavy atom. The molecular formula is C21H32F2O4. The number of aliphatic hydroxyl groups is 2. The zero-order valence-corrected chi connectivity index (χ0v) is 16.2. The first-order valence-electron chi connectivity index (χ1n) is 10.00. The minimum absolute atomic E-state index is 0.106. The van der Waals surface area contributed by atoms with E-state index in [1.807, 2.05) is 6.08 Å². The highest BCUT2D eigenvalue weighted by Gasteiger charge is 2.47. The lowest BCUT2D eigenvalue weighted by atomic mass is 9.87. The van der Waals surface area contributed by atoms with Crippen molar-refractivity contribution in [3.05, 3.63) is 24.3 Å². The van der Waals surface area contributed by atoms with E-state index in [1.54, 1.807) is 25.2 Å². The molecule has 0 aromatic rings. The number of halogens is 2. The number of alkyl halides is 2. The summed E-state index contributed by atoms with van der Waals surface area (Å²) >= 11 is 0. The minimum Gasteiger partial charge on any atom is -0.458 e. The molecule has 0 aromatic heterocycles. The minimum atomic E-state index is -3.51. The maximum Gasteiger partial charge on any atom is 0.377 e. The molecule has 0 bridgehead atoms. The predicted octanol–water partition coefficient (Wildman–Crippen LogP) is 4.16. The van der Waals surface area contributed by atoms with Crippen molar-refractivity contribution in [3.63, 3.8) is 0 Å². The lowest BCUT2D eigenvalue weighted by molar-refractivity contribution is -0.180. The lowest BCUT2D eigenvalue weighted by Crippen LogP contribution is -2.36. The van der Waals surface area contributed by atoms with Gasteiger partial charge in [-0.25, -0.2) is 4.79 Å². The van der Waals surface area contributed by atoms with Gasteiger partial charge in [-0.1, -0.05) is 50.5 Å². The van der Waals surface area contributed by atoms with Crippen molar-refractivity contribution < 1.29 is 28.5 Å². The summed E-state index contributed by atoms with van der Waals surface area (Å²) in [4.78, 5) is 11.8. The summed E-state index contributed by atoms with van der Waals surface area (Å²) < 4.78 is 32.8. The number of unbranched alkanes of at least 4 members (excludes halogenated alkanes) is 2. The number of aliphatic hydroxyl groups excluding tert-OH is 1. The van der Waals surface area contributed by atoms with Crippen molar-refractivity contribution in [3.8, 4) is 0 Å². The van der Waals surface area contributed by atoms with Gasteiger partial charge >= 0.3 is 11.9 Å². The molecule has 0 saturated heterocycles. The van der Waals surface area contributed by atoms with E-state index in [0.29, 0.717) is 12.8 Å². The van der Waals surface area contributed by atoms with Crippen molar-refractivity contribution in [2.24, 2.45) is 11.8 Å². The summed E-state index contributed by atoms with van der Waals surface area (Å²) in [5.74, 6) is -5.64. The van der Waals surface area contributed by atoms with Crippen molar-refractivity contribution in [2.45, 2.75) is 88.9 Å². The van der Waals surface area contributed by atoms with E-state index in [4.69, 9.17) is 4.74 Å². The number of hydrogen-bond acceptors (Lipinski definition) is 4. The van der Waals surface area contributed by atoms with Crippen molar-refractivity contribution in [1.82, 2.24) is 0 Å². The Kier molecular flexibility index (Phi) is 7.57. The molecule has 2 aliphatic rings. The van der Waals surface area contributed by atoms with E-state index in [-0.39, 0.29) is 24.7 Å². The molecule has 5 atom stereocenters. The van der Waals surface area contributed by atoms with Gasteiger partial charge in [-0.15, -0.1) is 0 Å². The van der Waals surface area contributed by atoms with Gasteiger partial charge < -0.3 is 14.9 Å². The molecule has 0 amide bonds. The number of fused-ring (bicyclic) bond motifs is 1. The molecule has 0 radical (unpaired) electrons. The zero-order chi connectivity index (χ0) is 20.1. The maximum absolute atomic E-state index is 13.8. The van der Waals surface area contributed by atoms with Crippen LogP contribution in [0.25, 0.3) is 0 Å². The molecule has 1 saturated carbocycles. The largest absolute Gasteiger partial charge is 0.458 e.